The molecule has 0 heterocycles. The number of nitrogens with zero attached hydrogens (tertiary/aromatic N) is 1. The summed E-state index contributed by atoms with van der Waals surface area (Å²) in [5, 5.41) is 3.72. The van der Waals surface area contributed by atoms with Crippen LogP contribution in [0.5, 0.6) is 0 Å². The second-order valence-electron chi connectivity index (χ2n) is 6.81. The van der Waals surface area contributed by atoms with E-state index in [1.165, 1.54) is 18.4 Å². The van der Waals surface area contributed by atoms with E-state index in [-0.39, 0.29) is 5.54 Å². The topological polar surface area (TPSA) is 15.3 Å². The highest BCUT2D eigenvalue weighted by molar-refractivity contribution is 5.31. The molecular formula is C17H28N2. The van der Waals surface area contributed by atoms with Gasteiger partial charge in [0, 0.05) is 18.1 Å². The Morgan fingerprint density at radius 2 is 1.84 bits per heavy atom. The highest BCUT2D eigenvalue weighted by Gasteiger charge is 2.32. The van der Waals surface area contributed by atoms with E-state index in [9.17, 15) is 0 Å². The van der Waals surface area contributed by atoms with Gasteiger partial charge < -0.3 is 10.2 Å². The molecular weight excluding hydrogens is 232 g/mol. The summed E-state index contributed by atoms with van der Waals surface area (Å²) in [4.78, 5) is 2.29. The Hall–Kier alpha value is -0.860. The Morgan fingerprint density at radius 3 is 2.42 bits per heavy atom. The lowest BCUT2D eigenvalue weighted by molar-refractivity contribution is 0.168. The van der Waals surface area contributed by atoms with Crippen LogP contribution >= 0.6 is 0 Å². The van der Waals surface area contributed by atoms with Gasteiger partial charge in [0.2, 0.25) is 0 Å². The Labute approximate surface area is 118 Å². The van der Waals surface area contributed by atoms with Gasteiger partial charge in [-0.3, -0.25) is 0 Å². The molecule has 19 heavy (non-hydrogen) atoms. The van der Waals surface area contributed by atoms with Gasteiger partial charge in [0.1, 0.15) is 0 Å². The number of benzene rings is 1. The zero-order valence-electron chi connectivity index (χ0n) is 13.0. The summed E-state index contributed by atoms with van der Waals surface area (Å²) in [5.74, 6) is 0.765. The van der Waals surface area contributed by atoms with E-state index in [4.69, 9.17) is 0 Å². The molecule has 0 amide bonds. The van der Waals surface area contributed by atoms with Crippen molar-refractivity contribution in [3.8, 4) is 0 Å². The molecule has 1 aromatic rings. The van der Waals surface area contributed by atoms with Crippen LogP contribution in [0.25, 0.3) is 0 Å². The number of hydrogen-bond donors (Lipinski definition) is 1. The molecule has 0 saturated heterocycles. The number of nitrogens with one attached hydrogen (secondary N) is 1. The summed E-state index contributed by atoms with van der Waals surface area (Å²) in [7, 11) is 4.30. The summed E-state index contributed by atoms with van der Waals surface area (Å²) in [5.41, 5.74) is 3.22. The molecule has 2 nitrogen and oxygen atoms in total. The van der Waals surface area contributed by atoms with Crippen LogP contribution < -0.4 is 5.32 Å². The van der Waals surface area contributed by atoms with E-state index < -0.39 is 0 Å². The van der Waals surface area contributed by atoms with Crippen molar-refractivity contribution in [1.82, 2.24) is 10.2 Å². The molecule has 0 aromatic heterocycles. The molecule has 2 heteroatoms. The fourth-order valence-electron chi connectivity index (χ4n) is 2.64. The minimum absolute atomic E-state index is 0.230. The number of hydrogen-bond acceptors (Lipinski definition) is 2. The Kier molecular flexibility index (Phi) is 4.32. The maximum atomic E-state index is 3.72. The number of rotatable bonds is 5. The van der Waals surface area contributed by atoms with Gasteiger partial charge in [-0.05, 0) is 64.8 Å². The summed E-state index contributed by atoms with van der Waals surface area (Å²) in [6.07, 6.45) is 2.57. The maximum absolute atomic E-state index is 3.72. The standard InChI is InChI=1S/C17H28N2/c1-13-8-6-7-9-16(13)14-10-15(11-14)18-12-17(2,3)19(4)5/h6-9,14-15,18H,10-12H2,1-5H3. The first-order valence-corrected chi connectivity index (χ1v) is 7.36. The Balaban J connectivity index is 1.80. The molecule has 0 atom stereocenters. The van der Waals surface area contributed by atoms with Gasteiger partial charge in [-0.1, -0.05) is 24.3 Å². The lowest BCUT2D eigenvalue weighted by Gasteiger charge is -2.41. The molecule has 2 rings (SSSR count). The fourth-order valence-corrected chi connectivity index (χ4v) is 2.64. The Morgan fingerprint density at radius 1 is 1.21 bits per heavy atom. The monoisotopic (exact) mass is 260 g/mol. The molecule has 106 valence electrons. The van der Waals surface area contributed by atoms with E-state index in [2.05, 4.69) is 69.3 Å². The minimum atomic E-state index is 0.230. The molecule has 1 aliphatic carbocycles. The lowest BCUT2D eigenvalue weighted by Crippen LogP contribution is -2.51. The van der Waals surface area contributed by atoms with Gasteiger partial charge in [0.15, 0.2) is 0 Å². The van der Waals surface area contributed by atoms with Gasteiger partial charge in [-0.2, -0.15) is 0 Å². The molecule has 1 N–H and O–H groups in total. The second kappa shape index (κ2) is 5.64. The smallest absolute Gasteiger partial charge is 0.0271 e. The van der Waals surface area contributed by atoms with Crippen molar-refractivity contribution >= 4 is 0 Å². The van der Waals surface area contributed by atoms with Crippen LogP contribution in [0.2, 0.25) is 0 Å². The van der Waals surface area contributed by atoms with Crippen LogP contribution in [0.4, 0.5) is 0 Å². The molecule has 1 saturated carbocycles. The molecule has 0 aliphatic heterocycles. The van der Waals surface area contributed by atoms with Crippen molar-refractivity contribution in [3.05, 3.63) is 35.4 Å². The first-order valence-electron chi connectivity index (χ1n) is 7.36. The number of likely N-dealkylation sites (N-methyl/N-ethyl adjacent to an activating group) is 1. The third-order valence-electron chi connectivity index (χ3n) is 4.80. The zero-order valence-corrected chi connectivity index (χ0v) is 13.0. The molecule has 0 unspecified atom stereocenters. The van der Waals surface area contributed by atoms with Crippen LogP contribution in [0.15, 0.2) is 24.3 Å². The molecule has 1 aliphatic rings. The maximum Gasteiger partial charge on any atom is 0.0271 e. The van der Waals surface area contributed by atoms with Gasteiger partial charge in [0.25, 0.3) is 0 Å². The van der Waals surface area contributed by atoms with E-state index in [1.54, 1.807) is 5.56 Å². The largest absolute Gasteiger partial charge is 0.312 e. The summed E-state index contributed by atoms with van der Waals surface area (Å²) < 4.78 is 0. The van der Waals surface area contributed by atoms with Crippen LogP contribution in [-0.4, -0.2) is 37.1 Å². The SMILES string of the molecule is Cc1ccccc1C1CC(NCC(C)(C)N(C)C)C1. The lowest BCUT2D eigenvalue weighted by atomic mass is 9.74. The predicted molar refractivity (Wildman–Crippen MR) is 82.7 cm³/mol. The van der Waals surface area contributed by atoms with E-state index >= 15 is 0 Å². The first kappa shape index (κ1) is 14.5. The zero-order chi connectivity index (χ0) is 14.0. The molecule has 0 bridgehead atoms. The first-order chi connectivity index (χ1) is 8.90. The average molecular weight is 260 g/mol. The third-order valence-corrected chi connectivity index (χ3v) is 4.80. The van der Waals surface area contributed by atoms with E-state index in [0.717, 1.165) is 12.5 Å². The summed E-state index contributed by atoms with van der Waals surface area (Å²) >= 11 is 0. The van der Waals surface area contributed by atoms with Crippen molar-refractivity contribution in [1.29, 1.82) is 0 Å². The number of aryl methyl sites for hydroxylation is 1. The second-order valence-corrected chi connectivity index (χ2v) is 6.81. The predicted octanol–water partition coefficient (Wildman–Crippen LogP) is 3.17. The van der Waals surface area contributed by atoms with Crippen LogP contribution in [0, 0.1) is 6.92 Å². The quantitative estimate of drug-likeness (QED) is 0.875. The molecule has 1 aromatic carbocycles. The van der Waals surface area contributed by atoms with E-state index in [0.29, 0.717) is 6.04 Å². The van der Waals surface area contributed by atoms with Crippen LogP contribution in [0.1, 0.15) is 43.7 Å². The van der Waals surface area contributed by atoms with Crippen molar-refractivity contribution in [2.24, 2.45) is 0 Å². The molecule has 1 fully saturated rings. The molecule has 0 spiro atoms. The van der Waals surface area contributed by atoms with Gasteiger partial charge in [0.05, 0.1) is 0 Å². The Bertz CT molecular complexity index is 417. The minimum Gasteiger partial charge on any atom is -0.312 e. The van der Waals surface area contributed by atoms with Gasteiger partial charge >= 0.3 is 0 Å². The van der Waals surface area contributed by atoms with Crippen molar-refractivity contribution in [3.63, 3.8) is 0 Å². The highest BCUT2D eigenvalue weighted by Crippen LogP contribution is 2.38. The van der Waals surface area contributed by atoms with Crippen molar-refractivity contribution in [2.75, 3.05) is 20.6 Å². The van der Waals surface area contributed by atoms with Crippen LogP contribution in [-0.2, 0) is 0 Å². The summed E-state index contributed by atoms with van der Waals surface area (Å²) in [6.45, 7) is 7.87. The normalized spacial score (nSPS) is 23.5. The van der Waals surface area contributed by atoms with Gasteiger partial charge in [-0.15, -0.1) is 0 Å². The van der Waals surface area contributed by atoms with Crippen LogP contribution in [0.3, 0.4) is 0 Å². The average Bonchev–Trinajstić information content (AvgIpc) is 2.29. The van der Waals surface area contributed by atoms with Gasteiger partial charge in [-0.25, -0.2) is 0 Å². The highest BCUT2D eigenvalue weighted by atomic mass is 15.2. The molecule has 0 radical (unpaired) electrons. The van der Waals surface area contributed by atoms with Crippen molar-refractivity contribution in [2.45, 2.75) is 51.1 Å². The van der Waals surface area contributed by atoms with Crippen molar-refractivity contribution < 1.29 is 0 Å². The fraction of sp³-hybridized carbons (Fsp3) is 0.647. The van der Waals surface area contributed by atoms with E-state index in [1.807, 2.05) is 0 Å². The third kappa shape index (κ3) is 3.37. The summed E-state index contributed by atoms with van der Waals surface area (Å²) in [6, 6.07) is 9.51.